The first-order chi connectivity index (χ1) is 15.3. The van der Waals surface area contributed by atoms with Crippen molar-refractivity contribution in [1.29, 1.82) is 0 Å². The van der Waals surface area contributed by atoms with Crippen molar-refractivity contribution in [3.63, 3.8) is 0 Å². The van der Waals surface area contributed by atoms with Gasteiger partial charge >= 0.3 is 0 Å². The van der Waals surface area contributed by atoms with Crippen LogP contribution in [0.4, 0.5) is 8.78 Å². The van der Waals surface area contributed by atoms with E-state index in [4.69, 9.17) is 0 Å². The summed E-state index contributed by atoms with van der Waals surface area (Å²) < 4.78 is 29.4. The summed E-state index contributed by atoms with van der Waals surface area (Å²) in [6, 6.07) is 8.85. The fourth-order valence-corrected chi connectivity index (χ4v) is 4.14. The lowest BCUT2D eigenvalue weighted by molar-refractivity contribution is 0.0933. The van der Waals surface area contributed by atoms with Gasteiger partial charge in [-0.15, -0.1) is 10.2 Å². The zero-order valence-corrected chi connectivity index (χ0v) is 18.5. The number of carbonyl (C=O) groups is 1. The summed E-state index contributed by atoms with van der Waals surface area (Å²) >= 11 is 0. The van der Waals surface area contributed by atoms with Crippen LogP contribution in [0.2, 0.25) is 0 Å². The molecule has 0 saturated carbocycles. The van der Waals surface area contributed by atoms with Crippen LogP contribution < -0.4 is 5.32 Å². The van der Waals surface area contributed by atoms with Gasteiger partial charge in [-0.1, -0.05) is 23.8 Å². The third kappa shape index (κ3) is 4.70. The van der Waals surface area contributed by atoms with E-state index < -0.39 is 23.6 Å². The lowest BCUT2D eigenvalue weighted by Gasteiger charge is -2.21. The van der Waals surface area contributed by atoms with Crippen LogP contribution in [-0.4, -0.2) is 38.7 Å². The average molecular weight is 440 g/mol. The lowest BCUT2D eigenvalue weighted by atomic mass is 10.1. The summed E-state index contributed by atoms with van der Waals surface area (Å²) in [6.07, 6.45) is 0.747. The Morgan fingerprint density at radius 1 is 1.09 bits per heavy atom. The van der Waals surface area contributed by atoms with Gasteiger partial charge in [0.15, 0.2) is 5.82 Å². The standard InChI is InChI=1S/C24H27F2N5O/c1-15-4-5-18(16(2)12-15)14-30-9-8-22-28-29-23(31(22)11-10-30)17(3)27-24(32)20-13-19(25)6-7-21(20)26/h4-7,12-13,17H,8-11,14H2,1-3H3,(H,27,32)/t17-/m1/s1. The number of benzene rings is 2. The Labute approximate surface area is 186 Å². The van der Waals surface area contributed by atoms with E-state index in [1.165, 1.54) is 16.7 Å². The number of fused-ring (bicyclic) bond motifs is 1. The molecule has 1 aliphatic heterocycles. The van der Waals surface area contributed by atoms with Crippen LogP contribution in [0.3, 0.4) is 0 Å². The highest BCUT2D eigenvalue weighted by Gasteiger charge is 2.24. The van der Waals surface area contributed by atoms with Crippen LogP contribution in [-0.2, 0) is 19.5 Å². The van der Waals surface area contributed by atoms with E-state index in [0.717, 1.165) is 50.1 Å². The molecule has 2 aromatic carbocycles. The smallest absolute Gasteiger partial charge is 0.254 e. The molecule has 0 unspecified atom stereocenters. The molecular weight excluding hydrogens is 412 g/mol. The molecule has 0 saturated heterocycles. The van der Waals surface area contributed by atoms with Crippen molar-refractivity contribution in [2.24, 2.45) is 0 Å². The zero-order valence-electron chi connectivity index (χ0n) is 18.5. The Hall–Kier alpha value is -3.13. The molecule has 32 heavy (non-hydrogen) atoms. The molecule has 0 fully saturated rings. The molecule has 1 aliphatic rings. The monoisotopic (exact) mass is 439 g/mol. The van der Waals surface area contributed by atoms with Crippen molar-refractivity contribution in [3.8, 4) is 0 Å². The highest BCUT2D eigenvalue weighted by molar-refractivity contribution is 5.94. The van der Waals surface area contributed by atoms with Crippen LogP contribution in [0.25, 0.3) is 0 Å². The molecule has 1 atom stereocenters. The summed E-state index contributed by atoms with van der Waals surface area (Å²) in [7, 11) is 0. The lowest BCUT2D eigenvalue weighted by Crippen LogP contribution is -2.30. The maximum Gasteiger partial charge on any atom is 0.254 e. The van der Waals surface area contributed by atoms with Gasteiger partial charge in [0.1, 0.15) is 17.5 Å². The molecule has 1 amide bonds. The Morgan fingerprint density at radius 3 is 2.69 bits per heavy atom. The van der Waals surface area contributed by atoms with E-state index in [2.05, 4.69) is 52.5 Å². The van der Waals surface area contributed by atoms with Crippen molar-refractivity contribution in [2.75, 3.05) is 13.1 Å². The van der Waals surface area contributed by atoms with Gasteiger partial charge in [-0.05, 0) is 50.1 Å². The summed E-state index contributed by atoms with van der Waals surface area (Å²) in [5.74, 6) is -0.640. The first-order valence-corrected chi connectivity index (χ1v) is 10.8. The van der Waals surface area contributed by atoms with Crippen LogP contribution in [0.5, 0.6) is 0 Å². The number of hydrogen-bond acceptors (Lipinski definition) is 4. The highest BCUT2D eigenvalue weighted by Crippen LogP contribution is 2.19. The van der Waals surface area contributed by atoms with E-state index in [1.54, 1.807) is 6.92 Å². The van der Waals surface area contributed by atoms with Crippen molar-refractivity contribution >= 4 is 5.91 Å². The number of halogens is 2. The van der Waals surface area contributed by atoms with Crippen LogP contribution in [0.15, 0.2) is 36.4 Å². The second kappa shape index (κ2) is 9.16. The minimum Gasteiger partial charge on any atom is -0.342 e. The molecule has 3 aromatic rings. The van der Waals surface area contributed by atoms with Gasteiger partial charge in [-0.2, -0.15) is 0 Å². The maximum absolute atomic E-state index is 13.9. The van der Waals surface area contributed by atoms with Gasteiger partial charge in [0.25, 0.3) is 5.91 Å². The number of nitrogens with zero attached hydrogens (tertiary/aromatic N) is 4. The van der Waals surface area contributed by atoms with Crippen molar-refractivity contribution in [2.45, 2.75) is 46.3 Å². The molecule has 0 aliphatic carbocycles. The summed E-state index contributed by atoms with van der Waals surface area (Å²) in [6.45, 7) is 9.25. The summed E-state index contributed by atoms with van der Waals surface area (Å²) in [5.41, 5.74) is 3.53. The van der Waals surface area contributed by atoms with E-state index in [-0.39, 0.29) is 5.56 Å². The molecule has 2 heterocycles. The van der Waals surface area contributed by atoms with Crippen LogP contribution in [0, 0.1) is 25.5 Å². The predicted molar refractivity (Wildman–Crippen MR) is 117 cm³/mol. The Bertz CT molecular complexity index is 1140. The van der Waals surface area contributed by atoms with E-state index >= 15 is 0 Å². The van der Waals surface area contributed by atoms with Gasteiger partial charge in [0.05, 0.1) is 11.6 Å². The quantitative estimate of drug-likeness (QED) is 0.658. The summed E-state index contributed by atoms with van der Waals surface area (Å²) in [5, 5.41) is 11.3. The molecule has 168 valence electrons. The normalized spacial score (nSPS) is 15.2. The number of hydrogen-bond donors (Lipinski definition) is 1. The SMILES string of the molecule is Cc1ccc(CN2CCc3nnc([C@@H](C)NC(=O)c4cc(F)ccc4F)n3CC2)c(C)c1. The summed E-state index contributed by atoms with van der Waals surface area (Å²) in [4.78, 5) is 14.9. The van der Waals surface area contributed by atoms with Crippen molar-refractivity contribution in [1.82, 2.24) is 25.0 Å². The minimum absolute atomic E-state index is 0.327. The second-order valence-electron chi connectivity index (χ2n) is 8.40. The highest BCUT2D eigenvalue weighted by atomic mass is 19.1. The first-order valence-electron chi connectivity index (χ1n) is 10.8. The van der Waals surface area contributed by atoms with Gasteiger partial charge in [-0.25, -0.2) is 8.78 Å². The fourth-order valence-electron chi connectivity index (χ4n) is 4.14. The van der Waals surface area contributed by atoms with E-state index in [9.17, 15) is 13.6 Å². The largest absolute Gasteiger partial charge is 0.342 e. The second-order valence-corrected chi connectivity index (χ2v) is 8.40. The third-order valence-electron chi connectivity index (χ3n) is 5.95. The zero-order chi connectivity index (χ0) is 22.8. The maximum atomic E-state index is 13.9. The number of aryl methyl sites for hydroxylation is 2. The van der Waals surface area contributed by atoms with E-state index in [0.29, 0.717) is 12.4 Å². The molecule has 0 bridgehead atoms. The van der Waals surface area contributed by atoms with Gasteiger partial charge in [-0.3, -0.25) is 9.69 Å². The van der Waals surface area contributed by atoms with Crippen LogP contribution >= 0.6 is 0 Å². The number of nitrogens with one attached hydrogen (secondary N) is 1. The third-order valence-corrected chi connectivity index (χ3v) is 5.95. The molecular formula is C24H27F2N5O. The number of rotatable bonds is 5. The van der Waals surface area contributed by atoms with Gasteiger partial charge in [0.2, 0.25) is 0 Å². The van der Waals surface area contributed by atoms with Gasteiger partial charge < -0.3 is 9.88 Å². The Morgan fingerprint density at radius 2 is 1.91 bits per heavy atom. The number of aromatic nitrogens is 3. The fraction of sp³-hybridized carbons (Fsp3) is 0.375. The minimum atomic E-state index is -0.766. The van der Waals surface area contributed by atoms with E-state index in [1.807, 2.05) is 4.57 Å². The average Bonchev–Trinajstić information content (AvgIpc) is 3.06. The molecule has 1 N–H and O–H groups in total. The van der Waals surface area contributed by atoms with Crippen molar-refractivity contribution in [3.05, 3.63) is 81.9 Å². The van der Waals surface area contributed by atoms with Crippen molar-refractivity contribution < 1.29 is 13.6 Å². The molecule has 0 radical (unpaired) electrons. The van der Waals surface area contributed by atoms with Gasteiger partial charge in [0, 0.05) is 32.6 Å². The molecule has 0 spiro atoms. The molecule has 4 rings (SSSR count). The topological polar surface area (TPSA) is 63.1 Å². The predicted octanol–water partition coefficient (Wildman–Crippen LogP) is 3.72. The number of carbonyl (C=O) groups excluding carboxylic acids is 1. The van der Waals surface area contributed by atoms with Crippen LogP contribution in [0.1, 0.15) is 51.7 Å². The molecule has 6 nitrogen and oxygen atoms in total. The Kier molecular flexibility index (Phi) is 6.32. The first kappa shape index (κ1) is 22.1. The molecule has 8 heteroatoms. The Balaban J connectivity index is 1.44. The molecule has 1 aromatic heterocycles. The number of amides is 1.